The van der Waals surface area contributed by atoms with Gasteiger partial charge in [-0.2, -0.15) is 0 Å². The minimum atomic E-state index is -1.16. The normalized spacial score (nSPS) is 13.3. The SMILES string of the molecule is CC(=O)N[C@@H](Cc1cnc[nH]1)C(=O)N[C@H](Cc1ccccc1)C(=O)N[C@@H](CCCN=C(N)N)C(=O)N[C@@H](Cc1cnc[nH]1)C(N)=O. The Balaban J connectivity index is 1.83. The van der Waals surface area contributed by atoms with Crippen LogP contribution in [-0.4, -0.2) is 86.1 Å². The van der Waals surface area contributed by atoms with Crippen LogP contribution in [0.2, 0.25) is 0 Å². The number of nitrogens with zero attached hydrogens (tertiary/aromatic N) is 3. The topological polar surface area (TPSA) is 281 Å². The summed E-state index contributed by atoms with van der Waals surface area (Å²) in [5, 5.41) is 10.6. The van der Waals surface area contributed by atoms with Crippen molar-refractivity contribution in [2.24, 2.45) is 22.2 Å². The summed E-state index contributed by atoms with van der Waals surface area (Å²) in [5.74, 6) is -3.34. The van der Waals surface area contributed by atoms with Gasteiger partial charge in [-0.25, -0.2) is 9.97 Å². The highest BCUT2D eigenvalue weighted by atomic mass is 16.2. The number of aromatic amines is 2. The Morgan fingerprint density at radius 1 is 0.739 bits per heavy atom. The van der Waals surface area contributed by atoms with Gasteiger partial charge in [-0.05, 0) is 18.4 Å². The Morgan fingerprint density at radius 2 is 1.26 bits per heavy atom. The summed E-state index contributed by atoms with van der Waals surface area (Å²) in [4.78, 5) is 82.3. The van der Waals surface area contributed by atoms with Crippen molar-refractivity contribution in [3.63, 3.8) is 0 Å². The molecule has 0 aliphatic heterocycles. The number of carbonyl (C=O) groups excluding carboxylic acids is 5. The molecule has 1 aromatic carbocycles. The smallest absolute Gasteiger partial charge is 0.243 e. The van der Waals surface area contributed by atoms with E-state index in [4.69, 9.17) is 17.2 Å². The summed E-state index contributed by atoms with van der Waals surface area (Å²) in [7, 11) is 0. The van der Waals surface area contributed by atoms with Gasteiger partial charge in [0.2, 0.25) is 29.5 Å². The Hall–Kier alpha value is -5.74. The second-order valence-electron chi connectivity index (χ2n) is 10.5. The average molecular weight is 637 g/mol. The van der Waals surface area contributed by atoms with Gasteiger partial charge in [0.1, 0.15) is 24.2 Å². The number of nitrogens with one attached hydrogen (secondary N) is 6. The molecule has 3 rings (SSSR count). The van der Waals surface area contributed by atoms with Crippen molar-refractivity contribution in [3.8, 4) is 0 Å². The lowest BCUT2D eigenvalue weighted by Gasteiger charge is -2.26. The Labute approximate surface area is 265 Å². The van der Waals surface area contributed by atoms with Crippen molar-refractivity contribution in [2.75, 3.05) is 6.54 Å². The maximum Gasteiger partial charge on any atom is 0.243 e. The van der Waals surface area contributed by atoms with Crippen molar-refractivity contribution < 1.29 is 24.0 Å². The van der Waals surface area contributed by atoms with Crippen molar-refractivity contribution in [1.82, 2.24) is 41.2 Å². The number of imidazole rings is 2. The summed E-state index contributed by atoms with van der Waals surface area (Å²) in [5.41, 5.74) is 18.3. The van der Waals surface area contributed by atoms with Gasteiger partial charge >= 0.3 is 0 Å². The first kappa shape index (κ1) is 34.7. The number of rotatable bonds is 18. The van der Waals surface area contributed by atoms with Gasteiger partial charge in [-0.3, -0.25) is 29.0 Å². The maximum absolute atomic E-state index is 13.8. The van der Waals surface area contributed by atoms with Crippen LogP contribution in [0.15, 0.2) is 60.4 Å². The van der Waals surface area contributed by atoms with E-state index < -0.39 is 53.7 Å². The molecule has 0 unspecified atom stereocenters. The predicted octanol–water partition coefficient (Wildman–Crippen LogP) is -2.34. The standard InChI is InChI=1S/C29H40N12O5/c1-17(42)38-24(12-20-14-34-16-37-20)28(46)41-23(10-18-6-3-2-4-7-18)27(45)39-21(8-5-9-35-29(31)32)26(44)40-22(25(30)43)11-19-13-33-15-36-19/h2-4,6-7,13-16,21-24H,5,8-12H2,1H3,(H2,30,43)(H,33,36)(H,34,37)(H,38,42)(H,39,45)(H,40,44)(H,41,46)(H4,31,32,35)/t21-,22-,23+,24-/m0/s1. The zero-order chi connectivity index (χ0) is 33.5. The molecule has 3 aromatic rings. The highest BCUT2D eigenvalue weighted by Gasteiger charge is 2.31. The summed E-state index contributed by atoms with van der Waals surface area (Å²) < 4.78 is 0. The molecule has 5 amide bonds. The summed E-state index contributed by atoms with van der Waals surface area (Å²) in [6, 6.07) is 4.51. The van der Waals surface area contributed by atoms with Crippen LogP contribution in [0.3, 0.4) is 0 Å². The van der Waals surface area contributed by atoms with Crippen LogP contribution in [0.25, 0.3) is 0 Å². The lowest BCUT2D eigenvalue weighted by Crippen LogP contribution is -2.59. The quantitative estimate of drug-likeness (QED) is 0.0410. The van der Waals surface area contributed by atoms with E-state index in [0.717, 1.165) is 5.56 Å². The molecule has 2 heterocycles. The van der Waals surface area contributed by atoms with E-state index in [1.165, 1.54) is 32.0 Å². The van der Waals surface area contributed by atoms with Gasteiger partial charge in [0.25, 0.3) is 0 Å². The molecule has 0 saturated heterocycles. The van der Waals surface area contributed by atoms with Crippen LogP contribution >= 0.6 is 0 Å². The first-order chi connectivity index (χ1) is 22.0. The van der Waals surface area contributed by atoms with Crippen molar-refractivity contribution in [3.05, 3.63) is 72.3 Å². The fourth-order valence-corrected chi connectivity index (χ4v) is 4.56. The van der Waals surface area contributed by atoms with Crippen LogP contribution in [0, 0.1) is 0 Å². The zero-order valence-electron chi connectivity index (χ0n) is 25.4. The minimum Gasteiger partial charge on any atom is -0.370 e. The number of nitrogens with two attached hydrogens (primary N) is 3. The molecular weight excluding hydrogens is 596 g/mol. The van der Waals surface area contributed by atoms with Gasteiger partial charge in [-0.15, -0.1) is 0 Å². The van der Waals surface area contributed by atoms with E-state index in [1.54, 1.807) is 24.3 Å². The van der Waals surface area contributed by atoms with Crippen molar-refractivity contribution in [2.45, 2.75) is 63.2 Å². The third-order valence-corrected chi connectivity index (χ3v) is 6.81. The van der Waals surface area contributed by atoms with Gasteiger partial charge in [0, 0.05) is 56.5 Å². The minimum absolute atomic E-state index is 0.0449. The monoisotopic (exact) mass is 636 g/mol. The molecule has 12 N–H and O–H groups in total. The van der Waals surface area contributed by atoms with Crippen molar-refractivity contribution in [1.29, 1.82) is 0 Å². The fourth-order valence-electron chi connectivity index (χ4n) is 4.56. The van der Waals surface area contributed by atoms with E-state index in [1.807, 2.05) is 6.07 Å². The number of aliphatic imine (C=N–C) groups is 1. The molecule has 246 valence electrons. The molecule has 0 aliphatic carbocycles. The van der Waals surface area contributed by atoms with Crippen LogP contribution < -0.4 is 38.5 Å². The van der Waals surface area contributed by atoms with Crippen LogP contribution in [0.5, 0.6) is 0 Å². The number of amides is 5. The molecule has 17 heteroatoms. The number of primary amides is 1. The average Bonchev–Trinajstić information content (AvgIpc) is 3.72. The highest BCUT2D eigenvalue weighted by Crippen LogP contribution is 2.08. The number of hydrogen-bond donors (Lipinski definition) is 9. The summed E-state index contributed by atoms with van der Waals surface area (Å²) in [6.07, 6.45) is 6.47. The second kappa shape index (κ2) is 17.5. The fraction of sp³-hybridized carbons (Fsp3) is 0.379. The van der Waals surface area contributed by atoms with E-state index in [-0.39, 0.29) is 38.2 Å². The molecule has 0 radical (unpaired) electrons. The van der Waals surface area contributed by atoms with Gasteiger partial charge in [0.15, 0.2) is 5.96 Å². The van der Waals surface area contributed by atoms with E-state index in [9.17, 15) is 24.0 Å². The van der Waals surface area contributed by atoms with Crippen LogP contribution in [0.4, 0.5) is 0 Å². The lowest BCUT2D eigenvalue weighted by molar-refractivity contribution is -0.134. The maximum atomic E-state index is 13.8. The highest BCUT2D eigenvalue weighted by molar-refractivity contribution is 5.95. The van der Waals surface area contributed by atoms with Gasteiger partial charge in [0.05, 0.1) is 12.7 Å². The summed E-state index contributed by atoms with van der Waals surface area (Å²) in [6.45, 7) is 1.45. The molecule has 2 aromatic heterocycles. The first-order valence-corrected chi connectivity index (χ1v) is 14.5. The molecular formula is C29H40N12O5. The van der Waals surface area contributed by atoms with Gasteiger partial charge < -0.3 is 48.4 Å². The molecule has 17 nitrogen and oxygen atoms in total. The Morgan fingerprint density at radius 3 is 1.78 bits per heavy atom. The van der Waals surface area contributed by atoms with Crippen molar-refractivity contribution >= 4 is 35.5 Å². The Kier molecular flexibility index (Phi) is 13.2. The number of guanidine groups is 1. The van der Waals surface area contributed by atoms with Crippen LogP contribution in [-0.2, 0) is 43.2 Å². The number of aromatic nitrogens is 4. The lowest BCUT2D eigenvalue weighted by atomic mass is 10.0. The number of benzene rings is 1. The molecule has 4 atom stereocenters. The van der Waals surface area contributed by atoms with Crippen LogP contribution in [0.1, 0.15) is 36.7 Å². The second-order valence-corrected chi connectivity index (χ2v) is 10.5. The molecule has 0 fully saturated rings. The summed E-state index contributed by atoms with van der Waals surface area (Å²) >= 11 is 0. The first-order valence-electron chi connectivity index (χ1n) is 14.5. The zero-order valence-corrected chi connectivity index (χ0v) is 25.4. The molecule has 0 saturated carbocycles. The van der Waals surface area contributed by atoms with E-state index in [0.29, 0.717) is 17.8 Å². The van der Waals surface area contributed by atoms with E-state index >= 15 is 0 Å². The molecule has 0 bridgehead atoms. The largest absolute Gasteiger partial charge is 0.370 e. The molecule has 46 heavy (non-hydrogen) atoms. The number of carbonyl (C=O) groups is 5. The Bertz CT molecular complexity index is 1460. The molecule has 0 spiro atoms. The molecule has 0 aliphatic rings. The van der Waals surface area contributed by atoms with Gasteiger partial charge in [-0.1, -0.05) is 30.3 Å². The number of H-pyrrole nitrogens is 2. The predicted molar refractivity (Wildman–Crippen MR) is 167 cm³/mol. The number of hydrogen-bond acceptors (Lipinski definition) is 8. The van der Waals surface area contributed by atoms with E-state index in [2.05, 4.69) is 46.2 Å². The third-order valence-electron chi connectivity index (χ3n) is 6.81. The third kappa shape index (κ3) is 11.7.